The van der Waals surface area contributed by atoms with E-state index >= 15 is 0 Å². The molecule has 0 aliphatic carbocycles. The molecule has 0 aromatic heterocycles. The van der Waals surface area contributed by atoms with Crippen molar-refractivity contribution in [2.24, 2.45) is 0 Å². The van der Waals surface area contributed by atoms with Crippen molar-refractivity contribution >= 4 is 11.9 Å². The van der Waals surface area contributed by atoms with Gasteiger partial charge in [0.15, 0.2) is 0 Å². The zero-order chi connectivity index (χ0) is 14.4. The fraction of sp³-hybridized carbons (Fsp3) is 0.385. The average molecular weight is 271 g/mol. The fourth-order valence-corrected chi connectivity index (χ4v) is 1.60. The van der Waals surface area contributed by atoms with Gasteiger partial charge in [-0.3, -0.25) is 9.59 Å². The van der Waals surface area contributed by atoms with Crippen LogP contribution in [-0.2, 0) is 9.53 Å². The number of amides is 1. The Morgan fingerprint density at radius 2 is 1.84 bits per heavy atom. The van der Waals surface area contributed by atoms with Gasteiger partial charge in [0, 0.05) is 6.54 Å². The van der Waals surface area contributed by atoms with Crippen LogP contribution in [0.1, 0.15) is 23.7 Å². The Morgan fingerprint density at radius 1 is 1.26 bits per heavy atom. The van der Waals surface area contributed by atoms with Crippen molar-refractivity contribution in [2.45, 2.75) is 13.3 Å². The van der Waals surface area contributed by atoms with Crippen molar-refractivity contribution in [3.8, 4) is 0 Å². The van der Waals surface area contributed by atoms with E-state index in [0.29, 0.717) is 6.42 Å². The number of esters is 1. The minimum atomic E-state index is -0.948. The van der Waals surface area contributed by atoms with Crippen LogP contribution in [0, 0.1) is 11.6 Å². The van der Waals surface area contributed by atoms with E-state index in [0.717, 1.165) is 17.0 Å². The zero-order valence-corrected chi connectivity index (χ0v) is 10.8. The molecule has 19 heavy (non-hydrogen) atoms. The first-order valence-electron chi connectivity index (χ1n) is 5.81. The topological polar surface area (TPSA) is 46.6 Å². The van der Waals surface area contributed by atoms with E-state index in [-0.39, 0.29) is 13.1 Å². The van der Waals surface area contributed by atoms with Crippen molar-refractivity contribution in [3.63, 3.8) is 0 Å². The first-order valence-corrected chi connectivity index (χ1v) is 5.81. The molecule has 1 aromatic rings. The zero-order valence-electron chi connectivity index (χ0n) is 10.8. The van der Waals surface area contributed by atoms with E-state index in [1.807, 2.05) is 0 Å². The Morgan fingerprint density at radius 3 is 2.32 bits per heavy atom. The molecule has 0 spiro atoms. The van der Waals surface area contributed by atoms with Crippen LogP contribution in [0.2, 0.25) is 0 Å². The summed E-state index contributed by atoms with van der Waals surface area (Å²) < 4.78 is 31.5. The molecule has 0 saturated heterocycles. The number of hydrogen-bond donors (Lipinski definition) is 0. The number of methoxy groups -OCH3 is 1. The SMILES string of the molecule is CCCN(CC(=O)OC)C(=O)c1c(F)cccc1F. The molecular formula is C13H15F2NO3. The summed E-state index contributed by atoms with van der Waals surface area (Å²) in [5.74, 6) is -3.40. The Hall–Kier alpha value is -1.98. The largest absolute Gasteiger partial charge is 0.468 e. The summed E-state index contributed by atoms with van der Waals surface area (Å²) in [6, 6.07) is 3.17. The highest BCUT2D eigenvalue weighted by Gasteiger charge is 2.24. The number of rotatable bonds is 5. The van der Waals surface area contributed by atoms with E-state index in [9.17, 15) is 18.4 Å². The van der Waals surface area contributed by atoms with Crippen LogP contribution >= 0.6 is 0 Å². The molecule has 0 N–H and O–H groups in total. The summed E-state index contributed by atoms with van der Waals surface area (Å²) >= 11 is 0. The maximum atomic E-state index is 13.5. The highest BCUT2D eigenvalue weighted by Crippen LogP contribution is 2.15. The van der Waals surface area contributed by atoms with Gasteiger partial charge in [0.2, 0.25) is 0 Å². The third-order valence-electron chi connectivity index (χ3n) is 2.50. The Bertz CT molecular complexity index is 457. The lowest BCUT2D eigenvalue weighted by Gasteiger charge is -2.21. The monoisotopic (exact) mass is 271 g/mol. The van der Waals surface area contributed by atoms with E-state index < -0.39 is 29.1 Å². The third-order valence-corrected chi connectivity index (χ3v) is 2.50. The molecule has 1 aromatic carbocycles. The molecular weight excluding hydrogens is 256 g/mol. The summed E-state index contributed by atoms with van der Waals surface area (Å²) in [7, 11) is 1.18. The standard InChI is InChI=1S/C13H15F2NO3/c1-3-7-16(8-11(17)19-2)13(18)12-9(14)5-4-6-10(12)15/h4-6H,3,7-8H2,1-2H3. The second-order valence-corrected chi connectivity index (χ2v) is 3.90. The van der Waals surface area contributed by atoms with Gasteiger partial charge in [-0.1, -0.05) is 13.0 Å². The van der Waals surface area contributed by atoms with Crippen molar-refractivity contribution in [1.82, 2.24) is 4.90 Å². The van der Waals surface area contributed by atoms with Gasteiger partial charge in [-0.2, -0.15) is 0 Å². The molecule has 0 bridgehead atoms. The third kappa shape index (κ3) is 3.74. The molecule has 1 rings (SSSR count). The van der Waals surface area contributed by atoms with Gasteiger partial charge in [-0.25, -0.2) is 8.78 Å². The lowest BCUT2D eigenvalue weighted by atomic mass is 10.1. The Balaban J connectivity index is 3.02. The van der Waals surface area contributed by atoms with Crippen LogP contribution in [0.15, 0.2) is 18.2 Å². The number of benzene rings is 1. The van der Waals surface area contributed by atoms with Crippen LogP contribution in [0.25, 0.3) is 0 Å². The summed E-state index contributed by atoms with van der Waals surface area (Å²) in [6.07, 6.45) is 0.554. The fourth-order valence-electron chi connectivity index (χ4n) is 1.60. The van der Waals surface area contributed by atoms with Gasteiger partial charge in [0.05, 0.1) is 7.11 Å². The highest BCUT2D eigenvalue weighted by atomic mass is 19.1. The van der Waals surface area contributed by atoms with E-state index in [1.165, 1.54) is 13.2 Å². The Labute approximate surface area is 110 Å². The smallest absolute Gasteiger partial charge is 0.325 e. The van der Waals surface area contributed by atoms with E-state index in [4.69, 9.17) is 0 Å². The molecule has 104 valence electrons. The summed E-state index contributed by atoms with van der Waals surface area (Å²) in [5, 5.41) is 0. The second kappa shape index (κ2) is 6.82. The van der Waals surface area contributed by atoms with Crippen molar-refractivity contribution in [3.05, 3.63) is 35.4 Å². The maximum absolute atomic E-state index is 13.5. The van der Waals surface area contributed by atoms with Gasteiger partial charge in [0.1, 0.15) is 23.7 Å². The van der Waals surface area contributed by atoms with E-state index in [2.05, 4.69) is 4.74 Å². The van der Waals surface area contributed by atoms with Gasteiger partial charge >= 0.3 is 5.97 Å². The number of hydrogen-bond acceptors (Lipinski definition) is 3. The predicted octanol–water partition coefficient (Wildman–Crippen LogP) is 1.99. The molecule has 0 unspecified atom stereocenters. The van der Waals surface area contributed by atoms with Crippen molar-refractivity contribution in [2.75, 3.05) is 20.2 Å². The summed E-state index contributed by atoms with van der Waals surface area (Å²) in [5.41, 5.74) is -0.653. The lowest BCUT2D eigenvalue weighted by Crippen LogP contribution is -2.37. The van der Waals surface area contributed by atoms with Crippen LogP contribution in [0.4, 0.5) is 8.78 Å². The normalized spacial score (nSPS) is 10.1. The second-order valence-electron chi connectivity index (χ2n) is 3.90. The van der Waals surface area contributed by atoms with Gasteiger partial charge < -0.3 is 9.64 Å². The van der Waals surface area contributed by atoms with Crippen LogP contribution in [0.5, 0.6) is 0 Å². The van der Waals surface area contributed by atoms with Gasteiger partial charge in [0.25, 0.3) is 5.91 Å². The molecule has 0 fully saturated rings. The van der Waals surface area contributed by atoms with Crippen LogP contribution in [0.3, 0.4) is 0 Å². The molecule has 0 aliphatic heterocycles. The molecule has 4 nitrogen and oxygen atoms in total. The minimum Gasteiger partial charge on any atom is -0.468 e. The predicted molar refractivity (Wildman–Crippen MR) is 64.6 cm³/mol. The minimum absolute atomic E-state index is 0.210. The van der Waals surface area contributed by atoms with E-state index in [1.54, 1.807) is 6.92 Å². The maximum Gasteiger partial charge on any atom is 0.325 e. The first-order chi connectivity index (χ1) is 9.01. The molecule has 0 saturated carbocycles. The molecule has 0 atom stereocenters. The number of ether oxygens (including phenoxy) is 1. The number of halogens is 2. The van der Waals surface area contributed by atoms with Gasteiger partial charge in [-0.05, 0) is 18.6 Å². The molecule has 6 heteroatoms. The lowest BCUT2D eigenvalue weighted by molar-refractivity contribution is -0.141. The van der Waals surface area contributed by atoms with Crippen LogP contribution in [-0.4, -0.2) is 37.0 Å². The number of carbonyl (C=O) groups excluding carboxylic acids is 2. The van der Waals surface area contributed by atoms with Crippen LogP contribution < -0.4 is 0 Å². The molecule has 0 aliphatic rings. The molecule has 0 heterocycles. The summed E-state index contributed by atoms with van der Waals surface area (Å²) in [4.78, 5) is 24.3. The summed E-state index contributed by atoms with van der Waals surface area (Å²) in [6.45, 7) is 1.66. The molecule has 0 radical (unpaired) electrons. The first kappa shape index (κ1) is 15.1. The average Bonchev–Trinajstić information content (AvgIpc) is 2.37. The highest BCUT2D eigenvalue weighted by molar-refractivity contribution is 5.96. The number of carbonyl (C=O) groups is 2. The van der Waals surface area contributed by atoms with Crippen molar-refractivity contribution < 1.29 is 23.1 Å². The quantitative estimate of drug-likeness (QED) is 0.769. The molecule has 1 amide bonds. The Kier molecular flexibility index (Phi) is 5.41. The van der Waals surface area contributed by atoms with Gasteiger partial charge in [-0.15, -0.1) is 0 Å². The number of nitrogens with zero attached hydrogens (tertiary/aromatic N) is 1. The van der Waals surface area contributed by atoms with Crippen molar-refractivity contribution in [1.29, 1.82) is 0 Å².